The average molecular weight is 356 g/mol. The van der Waals surface area contributed by atoms with Gasteiger partial charge in [-0.1, -0.05) is 0 Å². The number of pyridine rings is 1. The van der Waals surface area contributed by atoms with Gasteiger partial charge < -0.3 is 19.2 Å². The topological polar surface area (TPSA) is 86.3 Å². The minimum atomic E-state index is -0.296. The molecule has 0 amide bonds. The highest BCUT2D eigenvalue weighted by Crippen LogP contribution is 2.27. The maximum atomic E-state index is 12.0. The molecule has 8 heteroatoms. The molecule has 7 nitrogen and oxygen atoms in total. The number of nitrogens with zero attached hydrogens (tertiary/aromatic N) is 2. The molecule has 0 radical (unpaired) electrons. The maximum Gasteiger partial charge on any atom is 0.264 e. The zero-order valence-electron chi connectivity index (χ0n) is 11.3. The Bertz CT molecular complexity index is 705. The van der Waals surface area contributed by atoms with Crippen LogP contribution in [0.3, 0.4) is 0 Å². The smallest absolute Gasteiger partial charge is 0.264 e. The van der Waals surface area contributed by atoms with Gasteiger partial charge in [0.1, 0.15) is 11.5 Å². The Morgan fingerprint density at radius 3 is 3.05 bits per heavy atom. The van der Waals surface area contributed by atoms with E-state index in [2.05, 4.69) is 30.9 Å². The number of hydrogen-bond donors (Lipinski definition) is 1. The summed E-state index contributed by atoms with van der Waals surface area (Å²) >= 11 is 3.33. The zero-order chi connectivity index (χ0) is 14.8. The summed E-state index contributed by atoms with van der Waals surface area (Å²) in [6.45, 7) is 3.37. The number of rotatable bonds is 4. The van der Waals surface area contributed by atoms with Gasteiger partial charge in [-0.05, 0) is 22.9 Å². The van der Waals surface area contributed by atoms with Crippen molar-refractivity contribution in [2.24, 2.45) is 0 Å². The van der Waals surface area contributed by atoms with Crippen molar-refractivity contribution in [2.75, 3.05) is 19.8 Å². The second-order valence-corrected chi connectivity index (χ2v) is 5.41. The number of fused-ring (bicyclic) bond motifs is 1. The molecule has 0 aromatic carbocycles. The third-order valence-corrected chi connectivity index (χ3v) is 3.79. The lowest BCUT2D eigenvalue weighted by atomic mass is 10.2. The van der Waals surface area contributed by atoms with Crippen molar-refractivity contribution in [3.05, 3.63) is 27.4 Å². The molecule has 2 aromatic heterocycles. The van der Waals surface area contributed by atoms with Crippen LogP contribution in [0.4, 0.5) is 0 Å². The standard InChI is InChI=1S/C13H14BrN3O4/c1-2-20-8-4-19-5-9(8)21-13-10-11(7(14)3-15-13)16-6-17-12(10)18/h3,6,8-9H,2,4-5H2,1H3,(H,16,17,18)/t8-,9+/m1/s1. The molecule has 2 atom stereocenters. The number of nitrogens with one attached hydrogen (secondary N) is 1. The van der Waals surface area contributed by atoms with Crippen LogP contribution in [-0.4, -0.2) is 47.0 Å². The van der Waals surface area contributed by atoms with Gasteiger partial charge in [0.2, 0.25) is 5.88 Å². The molecule has 2 aromatic rings. The molecule has 0 aliphatic carbocycles. The van der Waals surface area contributed by atoms with E-state index in [1.165, 1.54) is 6.33 Å². The summed E-state index contributed by atoms with van der Waals surface area (Å²) in [6, 6.07) is 0. The first-order valence-corrected chi connectivity index (χ1v) is 7.38. The average Bonchev–Trinajstić information content (AvgIpc) is 2.90. The van der Waals surface area contributed by atoms with E-state index in [1.54, 1.807) is 6.20 Å². The van der Waals surface area contributed by atoms with Crippen molar-refractivity contribution >= 4 is 26.8 Å². The minimum Gasteiger partial charge on any atom is -0.468 e. The molecule has 0 bridgehead atoms. The summed E-state index contributed by atoms with van der Waals surface area (Å²) < 4.78 is 17.4. The quantitative estimate of drug-likeness (QED) is 0.888. The van der Waals surface area contributed by atoms with Gasteiger partial charge >= 0.3 is 0 Å². The maximum absolute atomic E-state index is 12.0. The largest absolute Gasteiger partial charge is 0.468 e. The Labute approximate surface area is 128 Å². The van der Waals surface area contributed by atoms with E-state index in [0.29, 0.717) is 35.2 Å². The third-order valence-electron chi connectivity index (χ3n) is 3.21. The Morgan fingerprint density at radius 2 is 2.24 bits per heavy atom. The lowest BCUT2D eigenvalue weighted by Gasteiger charge is -2.19. The Kier molecular flexibility index (Phi) is 4.18. The van der Waals surface area contributed by atoms with Crippen molar-refractivity contribution in [2.45, 2.75) is 19.1 Å². The summed E-state index contributed by atoms with van der Waals surface area (Å²) in [4.78, 5) is 22.9. The Hall–Kier alpha value is -1.51. The first kappa shape index (κ1) is 14.4. The normalized spacial score (nSPS) is 21.8. The van der Waals surface area contributed by atoms with Crippen LogP contribution in [-0.2, 0) is 9.47 Å². The van der Waals surface area contributed by atoms with Crippen molar-refractivity contribution in [1.82, 2.24) is 15.0 Å². The van der Waals surface area contributed by atoms with Crippen LogP contribution in [0.5, 0.6) is 5.88 Å². The van der Waals surface area contributed by atoms with Crippen LogP contribution < -0.4 is 10.3 Å². The molecule has 1 fully saturated rings. The van der Waals surface area contributed by atoms with Gasteiger partial charge in [-0.15, -0.1) is 0 Å². The van der Waals surface area contributed by atoms with Crippen molar-refractivity contribution in [3.63, 3.8) is 0 Å². The summed E-state index contributed by atoms with van der Waals surface area (Å²) in [6.07, 6.45) is 2.46. The molecule has 3 rings (SSSR count). The summed E-state index contributed by atoms with van der Waals surface area (Å²) in [5.41, 5.74) is 0.214. The highest BCUT2D eigenvalue weighted by molar-refractivity contribution is 9.10. The number of aromatic amines is 1. The van der Waals surface area contributed by atoms with Crippen LogP contribution in [0.25, 0.3) is 10.9 Å². The number of H-pyrrole nitrogens is 1. The fourth-order valence-corrected chi connectivity index (χ4v) is 2.65. The summed E-state index contributed by atoms with van der Waals surface area (Å²) in [5.74, 6) is 0.239. The fraction of sp³-hybridized carbons (Fsp3) is 0.462. The van der Waals surface area contributed by atoms with Crippen LogP contribution in [0.1, 0.15) is 6.92 Å². The van der Waals surface area contributed by atoms with E-state index in [1.807, 2.05) is 6.92 Å². The van der Waals surface area contributed by atoms with Crippen LogP contribution in [0, 0.1) is 0 Å². The van der Waals surface area contributed by atoms with Gasteiger partial charge in [-0.3, -0.25) is 4.79 Å². The second kappa shape index (κ2) is 6.08. The predicted molar refractivity (Wildman–Crippen MR) is 78.5 cm³/mol. The summed E-state index contributed by atoms with van der Waals surface area (Å²) in [7, 11) is 0. The van der Waals surface area contributed by atoms with E-state index >= 15 is 0 Å². The van der Waals surface area contributed by atoms with E-state index in [9.17, 15) is 4.79 Å². The Morgan fingerprint density at radius 1 is 1.43 bits per heavy atom. The molecule has 0 spiro atoms. The van der Waals surface area contributed by atoms with Crippen LogP contribution >= 0.6 is 15.9 Å². The molecule has 21 heavy (non-hydrogen) atoms. The van der Waals surface area contributed by atoms with Crippen LogP contribution in [0.2, 0.25) is 0 Å². The number of halogens is 1. The molecule has 0 saturated carbocycles. The number of ether oxygens (including phenoxy) is 3. The number of hydrogen-bond acceptors (Lipinski definition) is 6. The van der Waals surface area contributed by atoms with Gasteiger partial charge in [0.15, 0.2) is 6.10 Å². The monoisotopic (exact) mass is 355 g/mol. The summed E-state index contributed by atoms with van der Waals surface area (Å²) in [5, 5.41) is 0.314. The molecular formula is C13H14BrN3O4. The van der Waals surface area contributed by atoms with E-state index in [0.717, 1.165) is 0 Å². The Balaban J connectivity index is 1.98. The molecule has 112 valence electrons. The van der Waals surface area contributed by atoms with Gasteiger partial charge in [0.25, 0.3) is 5.56 Å². The van der Waals surface area contributed by atoms with Gasteiger partial charge in [0.05, 0.1) is 29.5 Å². The van der Waals surface area contributed by atoms with Gasteiger partial charge in [-0.2, -0.15) is 0 Å². The molecule has 1 aliphatic heterocycles. The van der Waals surface area contributed by atoms with E-state index in [-0.39, 0.29) is 23.6 Å². The van der Waals surface area contributed by atoms with E-state index < -0.39 is 0 Å². The number of aromatic nitrogens is 3. The second-order valence-electron chi connectivity index (χ2n) is 4.55. The highest BCUT2D eigenvalue weighted by atomic mass is 79.9. The zero-order valence-corrected chi connectivity index (χ0v) is 12.9. The van der Waals surface area contributed by atoms with Crippen molar-refractivity contribution in [1.29, 1.82) is 0 Å². The van der Waals surface area contributed by atoms with Gasteiger partial charge in [0, 0.05) is 12.8 Å². The lowest BCUT2D eigenvalue weighted by molar-refractivity contribution is 0.00531. The third kappa shape index (κ3) is 2.78. The lowest BCUT2D eigenvalue weighted by Crippen LogP contribution is -2.33. The molecular weight excluding hydrogens is 342 g/mol. The fourth-order valence-electron chi connectivity index (χ4n) is 2.25. The molecule has 0 unspecified atom stereocenters. The molecule has 1 N–H and O–H groups in total. The van der Waals surface area contributed by atoms with Gasteiger partial charge in [-0.25, -0.2) is 9.97 Å². The van der Waals surface area contributed by atoms with Crippen LogP contribution in [0.15, 0.2) is 21.8 Å². The van der Waals surface area contributed by atoms with Crippen molar-refractivity contribution in [3.8, 4) is 5.88 Å². The minimum absolute atomic E-state index is 0.161. The molecule has 3 heterocycles. The molecule has 1 saturated heterocycles. The van der Waals surface area contributed by atoms with E-state index in [4.69, 9.17) is 14.2 Å². The SMILES string of the molecule is CCO[C@@H]1COC[C@@H]1Oc1ncc(Br)c2nc[nH]c(=O)c12. The highest BCUT2D eigenvalue weighted by Gasteiger charge is 2.31. The first-order valence-electron chi connectivity index (χ1n) is 6.58. The first-order chi connectivity index (χ1) is 10.2. The molecule has 1 aliphatic rings. The van der Waals surface area contributed by atoms with Crippen molar-refractivity contribution < 1.29 is 14.2 Å². The predicted octanol–water partition coefficient (Wildman–Crippen LogP) is 1.26.